The van der Waals surface area contributed by atoms with Crippen LogP contribution in [0.3, 0.4) is 0 Å². The van der Waals surface area contributed by atoms with Crippen molar-refractivity contribution in [1.29, 1.82) is 0 Å². The lowest BCUT2D eigenvalue weighted by Gasteiger charge is -2.42. The minimum Gasteiger partial charge on any atom is -0.463 e. The molecule has 3 atom stereocenters. The molecule has 3 unspecified atom stereocenters. The second-order valence-corrected chi connectivity index (χ2v) is 5.83. The molecule has 1 fully saturated rings. The van der Waals surface area contributed by atoms with E-state index in [4.69, 9.17) is 10.2 Å². The van der Waals surface area contributed by atoms with Crippen molar-refractivity contribution >= 4 is 0 Å². The summed E-state index contributed by atoms with van der Waals surface area (Å²) in [7, 11) is 0. The number of hydrogen-bond acceptors (Lipinski definition) is 3. The highest BCUT2D eigenvalue weighted by atomic mass is 16.4. The van der Waals surface area contributed by atoms with Crippen molar-refractivity contribution < 1.29 is 9.52 Å². The minimum atomic E-state index is -0.564. The van der Waals surface area contributed by atoms with Crippen LogP contribution in [0.4, 0.5) is 0 Å². The Morgan fingerprint density at radius 3 is 2.89 bits per heavy atom. The molecular formula is C15H25NO2. The van der Waals surface area contributed by atoms with Crippen LogP contribution in [0.25, 0.3) is 0 Å². The van der Waals surface area contributed by atoms with Crippen molar-refractivity contribution in [2.45, 2.75) is 52.1 Å². The van der Waals surface area contributed by atoms with Gasteiger partial charge in [0.15, 0.2) is 0 Å². The van der Waals surface area contributed by atoms with E-state index in [0.29, 0.717) is 18.2 Å². The normalized spacial score (nSPS) is 30.3. The predicted molar refractivity (Wildman–Crippen MR) is 72.2 cm³/mol. The first-order valence-corrected chi connectivity index (χ1v) is 7.08. The highest BCUT2D eigenvalue weighted by Crippen LogP contribution is 2.47. The van der Waals surface area contributed by atoms with Gasteiger partial charge >= 0.3 is 0 Å². The Balaban J connectivity index is 2.20. The van der Waals surface area contributed by atoms with Gasteiger partial charge in [-0.2, -0.15) is 0 Å². The number of aliphatic hydroxyl groups excluding tert-OH is 1. The second kappa shape index (κ2) is 5.45. The summed E-state index contributed by atoms with van der Waals surface area (Å²) in [5.74, 6) is 2.25. The van der Waals surface area contributed by atoms with Crippen molar-refractivity contribution in [3.05, 3.63) is 23.7 Å². The number of hydrogen-bond donors (Lipinski definition) is 2. The van der Waals surface area contributed by atoms with Crippen molar-refractivity contribution in [3.8, 4) is 0 Å². The highest BCUT2D eigenvalue weighted by molar-refractivity contribution is 5.13. The van der Waals surface area contributed by atoms with Gasteiger partial charge in [0.2, 0.25) is 0 Å². The summed E-state index contributed by atoms with van der Waals surface area (Å²) in [4.78, 5) is 0. The van der Waals surface area contributed by atoms with E-state index in [2.05, 4.69) is 13.8 Å². The maximum atomic E-state index is 10.6. The lowest BCUT2D eigenvalue weighted by molar-refractivity contribution is -0.0260. The molecule has 1 aliphatic rings. The van der Waals surface area contributed by atoms with E-state index < -0.39 is 6.10 Å². The molecular weight excluding hydrogens is 226 g/mol. The fraction of sp³-hybridized carbons (Fsp3) is 0.733. The van der Waals surface area contributed by atoms with Gasteiger partial charge in [-0.05, 0) is 30.9 Å². The molecule has 0 bridgehead atoms. The van der Waals surface area contributed by atoms with E-state index in [9.17, 15) is 5.11 Å². The Kier molecular flexibility index (Phi) is 4.13. The molecule has 1 saturated carbocycles. The predicted octanol–water partition coefficient (Wildman–Crippen LogP) is 3.03. The zero-order valence-corrected chi connectivity index (χ0v) is 11.5. The van der Waals surface area contributed by atoms with Crippen LogP contribution in [0.5, 0.6) is 0 Å². The first-order chi connectivity index (χ1) is 8.61. The summed E-state index contributed by atoms with van der Waals surface area (Å²) in [6.07, 6.45) is 4.68. The quantitative estimate of drug-likeness (QED) is 0.864. The Morgan fingerprint density at radius 1 is 1.56 bits per heavy atom. The number of furan rings is 1. The second-order valence-electron chi connectivity index (χ2n) is 5.83. The van der Waals surface area contributed by atoms with Crippen LogP contribution in [-0.4, -0.2) is 11.7 Å². The molecule has 18 heavy (non-hydrogen) atoms. The van der Waals surface area contributed by atoms with E-state index >= 15 is 0 Å². The largest absolute Gasteiger partial charge is 0.463 e. The molecule has 102 valence electrons. The molecule has 3 N–H and O–H groups in total. The number of aliphatic hydroxyl groups is 1. The van der Waals surface area contributed by atoms with Gasteiger partial charge in [0.1, 0.15) is 17.6 Å². The molecule has 0 spiro atoms. The summed E-state index contributed by atoms with van der Waals surface area (Å²) >= 11 is 0. The van der Waals surface area contributed by atoms with E-state index in [1.165, 1.54) is 6.42 Å². The van der Waals surface area contributed by atoms with E-state index in [-0.39, 0.29) is 5.41 Å². The standard InChI is InChI=1S/C15H25NO2/c1-3-12-6-7-13(18-12)14(17)15(10-16)8-4-5-11(2)9-15/h6-7,11,14,17H,3-5,8-10,16H2,1-2H3. The van der Waals surface area contributed by atoms with Crippen molar-refractivity contribution in [2.24, 2.45) is 17.1 Å². The Bertz CT molecular complexity index is 388. The summed E-state index contributed by atoms with van der Waals surface area (Å²) in [6.45, 7) is 4.83. The number of aryl methyl sites for hydroxylation is 1. The van der Waals surface area contributed by atoms with Crippen LogP contribution in [0.15, 0.2) is 16.5 Å². The monoisotopic (exact) mass is 251 g/mol. The summed E-state index contributed by atoms with van der Waals surface area (Å²) in [6, 6.07) is 3.86. The summed E-state index contributed by atoms with van der Waals surface area (Å²) in [5, 5.41) is 10.6. The van der Waals surface area contributed by atoms with Gasteiger partial charge in [0.05, 0.1) is 0 Å². The van der Waals surface area contributed by atoms with Crippen molar-refractivity contribution in [2.75, 3.05) is 6.54 Å². The molecule has 0 saturated heterocycles. The molecule has 1 aromatic heterocycles. The van der Waals surface area contributed by atoms with E-state index in [1.807, 2.05) is 12.1 Å². The third-order valence-electron chi connectivity index (χ3n) is 4.41. The van der Waals surface area contributed by atoms with Gasteiger partial charge in [-0.1, -0.05) is 26.7 Å². The van der Waals surface area contributed by atoms with Gasteiger partial charge in [0.25, 0.3) is 0 Å². The molecule has 1 aromatic rings. The van der Waals surface area contributed by atoms with Gasteiger partial charge < -0.3 is 15.3 Å². The molecule has 2 rings (SSSR count). The highest BCUT2D eigenvalue weighted by Gasteiger charge is 2.42. The third kappa shape index (κ3) is 2.47. The molecule has 0 aliphatic heterocycles. The average molecular weight is 251 g/mol. The Labute approximate surface area is 109 Å². The molecule has 0 aromatic carbocycles. The van der Waals surface area contributed by atoms with Crippen molar-refractivity contribution in [1.82, 2.24) is 0 Å². The lowest BCUT2D eigenvalue weighted by Crippen LogP contribution is -2.40. The van der Waals surface area contributed by atoms with Crippen molar-refractivity contribution in [3.63, 3.8) is 0 Å². The summed E-state index contributed by atoms with van der Waals surface area (Å²) < 4.78 is 5.70. The third-order valence-corrected chi connectivity index (χ3v) is 4.41. The first kappa shape index (κ1) is 13.6. The molecule has 3 heteroatoms. The number of nitrogens with two attached hydrogens (primary N) is 1. The fourth-order valence-electron chi connectivity index (χ4n) is 3.28. The van der Waals surface area contributed by atoms with Gasteiger partial charge in [0, 0.05) is 18.4 Å². The first-order valence-electron chi connectivity index (χ1n) is 7.08. The zero-order valence-electron chi connectivity index (χ0n) is 11.5. The maximum Gasteiger partial charge on any atom is 0.133 e. The van der Waals surface area contributed by atoms with Crippen LogP contribution in [-0.2, 0) is 6.42 Å². The lowest BCUT2D eigenvalue weighted by atomic mass is 9.66. The fourth-order valence-corrected chi connectivity index (χ4v) is 3.28. The van der Waals surface area contributed by atoms with E-state index in [0.717, 1.165) is 31.4 Å². The van der Waals surface area contributed by atoms with Crippen LogP contribution >= 0.6 is 0 Å². The topological polar surface area (TPSA) is 59.4 Å². The Morgan fingerprint density at radius 2 is 2.33 bits per heavy atom. The average Bonchev–Trinajstić information content (AvgIpc) is 2.86. The summed E-state index contributed by atoms with van der Waals surface area (Å²) in [5.41, 5.74) is 5.78. The molecule has 1 heterocycles. The maximum absolute atomic E-state index is 10.6. The SMILES string of the molecule is CCc1ccc(C(O)C2(CN)CCCC(C)C2)o1. The Hall–Kier alpha value is -0.800. The van der Waals surface area contributed by atoms with Crippen LogP contribution in [0.1, 0.15) is 57.2 Å². The van der Waals surface area contributed by atoms with Crippen LogP contribution in [0, 0.1) is 11.3 Å². The molecule has 0 amide bonds. The van der Waals surface area contributed by atoms with Crippen LogP contribution in [0.2, 0.25) is 0 Å². The van der Waals surface area contributed by atoms with Gasteiger partial charge in [-0.3, -0.25) is 0 Å². The van der Waals surface area contributed by atoms with Gasteiger partial charge in [-0.25, -0.2) is 0 Å². The van der Waals surface area contributed by atoms with Gasteiger partial charge in [-0.15, -0.1) is 0 Å². The smallest absolute Gasteiger partial charge is 0.133 e. The minimum absolute atomic E-state index is 0.194. The number of rotatable bonds is 4. The molecule has 1 aliphatic carbocycles. The van der Waals surface area contributed by atoms with Crippen LogP contribution < -0.4 is 5.73 Å². The van der Waals surface area contributed by atoms with E-state index in [1.54, 1.807) is 0 Å². The molecule has 3 nitrogen and oxygen atoms in total. The zero-order chi connectivity index (χ0) is 13.2. The molecule has 0 radical (unpaired) electrons.